The third-order valence-corrected chi connectivity index (χ3v) is 4.90. The molecule has 2 heterocycles. The van der Waals surface area contributed by atoms with E-state index in [2.05, 4.69) is 18.0 Å². The van der Waals surface area contributed by atoms with Crippen LogP contribution in [0, 0.1) is 0 Å². The van der Waals surface area contributed by atoms with Gasteiger partial charge >= 0.3 is 0 Å². The van der Waals surface area contributed by atoms with Crippen molar-refractivity contribution in [2.75, 3.05) is 0 Å². The van der Waals surface area contributed by atoms with Crippen LogP contribution in [0.5, 0.6) is 5.88 Å². The van der Waals surface area contributed by atoms with Gasteiger partial charge in [-0.05, 0) is 61.0 Å². The zero-order valence-electron chi connectivity index (χ0n) is 16.9. The topological polar surface area (TPSA) is 44.1 Å². The van der Waals surface area contributed by atoms with Crippen molar-refractivity contribution in [1.82, 2.24) is 9.55 Å². The van der Waals surface area contributed by atoms with Crippen molar-refractivity contribution >= 4 is 10.8 Å². The van der Waals surface area contributed by atoms with Crippen LogP contribution in [0.1, 0.15) is 26.5 Å². The number of aryl methyl sites for hydroxylation is 1. The van der Waals surface area contributed by atoms with Crippen molar-refractivity contribution in [1.29, 1.82) is 0 Å². The summed E-state index contributed by atoms with van der Waals surface area (Å²) in [5.74, 6) is 0.558. The molecular formula is C25H24N2O2. The van der Waals surface area contributed by atoms with Crippen LogP contribution in [0.4, 0.5) is 0 Å². The molecule has 0 N–H and O–H groups in total. The number of aromatic nitrogens is 2. The number of ether oxygens (including phenoxy) is 1. The van der Waals surface area contributed by atoms with Gasteiger partial charge in [0.1, 0.15) is 0 Å². The van der Waals surface area contributed by atoms with Crippen LogP contribution in [-0.4, -0.2) is 15.7 Å². The first-order chi connectivity index (χ1) is 14.1. The van der Waals surface area contributed by atoms with Crippen LogP contribution in [-0.2, 0) is 6.42 Å². The maximum atomic E-state index is 13.7. The lowest BCUT2D eigenvalue weighted by atomic mass is 9.99. The maximum Gasteiger partial charge on any atom is 0.263 e. The quantitative estimate of drug-likeness (QED) is 0.463. The number of hydrogen-bond acceptors (Lipinski definition) is 3. The third kappa shape index (κ3) is 3.66. The number of rotatable bonds is 5. The van der Waals surface area contributed by atoms with Gasteiger partial charge in [0.2, 0.25) is 5.88 Å². The minimum Gasteiger partial charge on any atom is -0.475 e. The average Bonchev–Trinajstić information content (AvgIpc) is 2.73. The van der Waals surface area contributed by atoms with Gasteiger partial charge in [-0.3, -0.25) is 9.36 Å². The lowest BCUT2D eigenvalue weighted by molar-refractivity contribution is 0.233. The largest absolute Gasteiger partial charge is 0.475 e. The van der Waals surface area contributed by atoms with E-state index >= 15 is 0 Å². The van der Waals surface area contributed by atoms with E-state index in [-0.39, 0.29) is 11.7 Å². The molecule has 0 aliphatic carbocycles. The normalized spacial score (nSPS) is 11.2. The fourth-order valence-electron chi connectivity index (χ4n) is 3.66. The molecule has 0 spiro atoms. The highest BCUT2D eigenvalue weighted by atomic mass is 16.5. The second kappa shape index (κ2) is 7.92. The monoisotopic (exact) mass is 384 g/mol. The van der Waals surface area contributed by atoms with E-state index in [0.717, 1.165) is 34.3 Å². The fourth-order valence-corrected chi connectivity index (χ4v) is 3.66. The zero-order chi connectivity index (χ0) is 20.4. The molecule has 4 aromatic rings. The molecule has 0 atom stereocenters. The molecule has 0 saturated heterocycles. The molecule has 0 aliphatic heterocycles. The molecule has 0 amide bonds. The highest BCUT2D eigenvalue weighted by molar-refractivity contribution is 5.96. The number of benzene rings is 2. The first-order valence-corrected chi connectivity index (χ1v) is 9.94. The van der Waals surface area contributed by atoms with E-state index in [1.165, 1.54) is 0 Å². The van der Waals surface area contributed by atoms with Crippen molar-refractivity contribution in [3.63, 3.8) is 0 Å². The Hall–Kier alpha value is -3.40. The SMILES string of the molecule is CCc1cc2cccc(-c3ccnc(OC(C)C)c3)c2c(=O)n1-c1ccccc1. The van der Waals surface area contributed by atoms with Crippen LogP contribution >= 0.6 is 0 Å². The summed E-state index contributed by atoms with van der Waals surface area (Å²) < 4.78 is 7.57. The number of fused-ring (bicyclic) bond motifs is 1. The fraction of sp³-hybridized carbons (Fsp3) is 0.200. The smallest absolute Gasteiger partial charge is 0.263 e. The van der Waals surface area contributed by atoms with Crippen LogP contribution in [0.15, 0.2) is 77.7 Å². The molecule has 4 heteroatoms. The summed E-state index contributed by atoms with van der Waals surface area (Å²) in [5.41, 5.74) is 3.66. The van der Waals surface area contributed by atoms with Gasteiger partial charge in [-0.2, -0.15) is 0 Å². The molecule has 0 unspecified atom stereocenters. The van der Waals surface area contributed by atoms with E-state index < -0.39 is 0 Å². The average molecular weight is 384 g/mol. The first-order valence-electron chi connectivity index (χ1n) is 9.94. The number of para-hydroxylation sites is 1. The van der Waals surface area contributed by atoms with Gasteiger partial charge in [0, 0.05) is 23.6 Å². The first kappa shape index (κ1) is 18.9. The van der Waals surface area contributed by atoms with Crippen molar-refractivity contribution < 1.29 is 4.74 Å². The van der Waals surface area contributed by atoms with Gasteiger partial charge < -0.3 is 4.74 Å². The molecule has 2 aromatic heterocycles. The van der Waals surface area contributed by atoms with E-state index in [1.807, 2.05) is 79.1 Å². The predicted octanol–water partition coefficient (Wildman–Crippen LogP) is 5.40. The summed E-state index contributed by atoms with van der Waals surface area (Å²) >= 11 is 0. The number of pyridine rings is 2. The van der Waals surface area contributed by atoms with Gasteiger partial charge in [0.15, 0.2) is 0 Å². The van der Waals surface area contributed by atoms with E-state index in [9.17, 15) is 4.79 Å². The molecule has 0 radical (unpaired) electrons. The Balaban J connectivity index is 1.99. The highest BCUT2D eigenvalue weighted by Gasteiger charge is 2.15. The predicted molar refractivity (Wildman–Crippen MR) is 118 cm³/mol. The van der Waals surface area contributed by atoms with Crippen LogP contribution in [0.3, 0.4) is 0 Å². The summed E-state index contributed by atoms with van der Waals surface area (Å²) in [6, 6.07) is 21.7. The molecule has 0 bridgehead atoms. The minimum atomic E-state index is -0.00992. The van der Waals surface area contributed by atoms with Gasteiger partial charge in [-0.15, -0.1) is 0 Å². The standard InChI is InChI=1S/C25H24N2O2/c1-4-20-15-19-9-8-12-22(18-13-14-26-23(16-18)29-17(2)3)24(19)25(28)27(20)21-10-6-5-7-11-21/h5-17H,4H2,1-3H3. The maximum absolute atomic E-state index is 13.7. The third-order valence-electron chi connectivity index (χ3n) is 4.90. The number of nitrogens with zero attached hydrogens (tertiary/aromatic N) is 2. The zero-order valence-corrected chi connectivity index (χ0v) is 16.9. The Morgan fingerprint density at radius 3 is 2.52 bits per heavy atom. The highest BCUT2D eigenvalue weighted by Crippen LogP contribution is 2.29. The Labute approximate surface area is 170 Å². The van der Waals surface area contributed by atoms with Crippen LogP contribution in [0.2, 0.25) is 0 Å². The molecule has 29 heavy (non-hydrogen) atoms. The summed E-state index contributed by atoms with van der Waals surface area (Å²) in [6.45, 7) is 6.01. The van der Waals surface area contributed by atoms with Gasteiger partial charge in [-0.25, -0.2) is 4.98 Å². The van der Waals surface area contributed by atoms with Gasteiger partial charge in [0.25, 0.3) is 5.56 Å². The lowest BCUT2D eigenvalue weighted by Gasteiger charge is -2.16. The molecule has 4 rings (SSSR count). The summed E-state index contributed by atoms with van der Waals surface area (Å²) in [4.78, 5) is 18.0. The summed E-state index contributed by atoms with van der Waals surface area (Å²) in [7, 11) is 0. The van der Waals surface area contributed by atoms with Crippen molar-refractivity contribution in [2.24, 2.45) is 0 Å². The van der Waals surface area contributed by atoms with Gasteiger partial charge in [-0.1, -0.05) is 43.3 Å². The van der Waals surface area contributed by atoms with Crippen molar-refractivity contribution in [3.8, 4) is 22.7 Å². The molecule has 146 valence electrons. The Morgan fingerprint density at radius 2 is 1.79 bits per heavy atom. The Bertz CT molecular complexity index is 1210. The Kier molecular flexibility index (Phi) is 5.17. The second-order valence-electron chi connectivity index (χ2n) is 7.28. The van der Waals surface area contributed by atoms with Gasteiger partial charge in [0.05, 0.1) is 11.5 Å². The van der Waals surface area contributed by atoms with E-state index in [1.54, 1.807) is 6.20 Å². The summed E-state index contributed by atoms with van der Waals surface area (Å²) in [5, 5.41) is 1.65. The molecule has 0 saturated carbocycles. The molecule has 0 fully saturated rings. The second-order valence-corrected chi connectivity index (χ2v) is 7.28. The molecule has 0 aliphatic rings. The number of hydrogen-bond donors (Lipinski definition) is 0. The lowest BCUT2D eigenvalue weighted by Crippen LogP contribution is -2.22. The van der Waals surface area contributed by atoms with Crippen LogP contribution < -0.4 is 10.3 Å². The van der Waals surface area contributed by atoms with E-state index in [4.69, 9.17) is 4.74 Å². The van der Waals surface area contributed by atoms with E-state index in [0.29, 0.717) is 11.3 Å². The van der Waals surface area contributed by atoms with Crippen molar-refractivity contribution in [3.05, 3.63) is 89.0 Å². The minimum absolute atomic E-state index is 0.00992. The molecule has 2 aromatic carbocycles. The van der Waals surface area contributed by atoms with Crippen LogP contribution in [0.25, 0.3) is 27.6 Å². The van der Waals surface area contributed by atoms with Crippen molar-refractivity contribution in [2.45, 2.75) is 33.3 Å². The molecule has 4 nitrogen and oxygen atoms in total. The molecular weight excluding hydrogens is 360 g/mol. The Morgan fingerprint density at radius 1 is 1.00 bits per heavy atom. The summed E-state index contributed by atoms with van der Waals surface area (Å²) in [6.07, 6.45) is 2.53.